The predicted octanol–water partition coefficient (Wildman–Crippen LogP) is 5.08. The molecule has 0 aromatic heterocycles. The van der Waals surface area contributed by atoms with Crippen molar-refractivity contribution in [3.05, 3.63) is 48.6 Å². The molecule has 0 rings (SSSR count). The van der Waals surface area contributed by atoms with Gasteiger partial charge in [0.1, 0.15) is 0 Å². The van der Waals surface area contributed by atoms with E-state index in [4.69, 9.17) is 5.11 Å². The first-order valence-electron chi connectivity index (χ1n) is 10.8. The van der Waals surface area contributed by atoms with Crippen molar-refractivity contribution in [1.29, 1.82) is 0 Å². The van der Waals surface area contributed by atoms with E-state index < -0.39 is 12.1 Å². The molecule has 1 amide bonds. The fraction of sp³-hybridized carbons (Fsp3) is 0.583. The third-order valence-corrected chi connectivity index (χ3v) is 4.18. The molecule has 29 heavy (non-hydrogen) atoms. The summed E-state index contributed by atoms with van der Waals surface area (Å²) in [6.45, 7) is 2.20. The summed E-state index contributed by atoms with van der Waals surface area (Å²) >= 11 is 0. The summed E-state index contributed by atoms with van der Waals surface area (Å²) in [5.74, 6) is -1.24. The SMILES string of the molecule is CCCCC/C=C\C/C=C\C/C=C\C/C=C\CCCC(=O)NC[C@H](O)CC(=O)O. The molecular weight excluding hydrogens is 366 g/mol. The van der Waals surface area contributed by atoms with Gasteiger partial charge in [-0.25, -0.2) is 0 Å². The van der Waals surface area contributed by atoms with Crippen molar-refractivity contribution in [2.75, 3.05) is 6.54 Å². The van der Waals surface area contributed by atoms with Crippen LogP contribution < -0.4 is 5.32 Å². The number of nitrogens with one attached hydrogen (secondary N) is 1. The molecule has 0 aliphatic heterocycles. The average molecular weight is 406 g/mol. The summed E-state index contributed by atoms with van der Waals surface area (Å²) in [5.41, 5.74) is 0. The van der Waals surface area contributed by atoms with E-state index in [0.29, 0.717) is 6.42 Å². The minimum atomic E-state index is -1.08. The molecule has 0 aliphatic carbocycles. The topological polar surface area (TPSA) is 86.6 Å². The summed E-state index contributed by atoms with van der Waals surface area (Å²) in [4.78, 5) is 22.0. The van der Waals surface area contributed by atoms with E-state index in [9.17, 15) is 14.7 Å². The van der Waals surface area contributed by atoms with Gasteiger partial charge in [0.25, 0.3) is 0 Å². The van der Waals surface area contributed by atoms with Gasteiger partial charge in [0.2, 0.25) is 5.91 Å². The van der Waals surface area contributed by atoms with Crippen molar-refractivity contribution >= 4 is 11.9 Å². The molecule has 0 saturated carbocycles. The van der Waals surface area contributed by atoms with E-state index in [1.807, 2.05) is 0 Å². The number of carboxylic acids is 1. The van der Waals surface area contributed by atoms with E-state index in [0.717, 1.165) is 32.1 Å². The monoisotopic (exact) mass is 405 g/mol. The summed E-state index contributed by atoms with van der Waals surface area (Å²) in [6, 6.07) is 0. The molecule has 0 bridgehead atoms. The standard InChI is InChI=1S/C24H39NO4/c1-2-3-4-5-6-7-8-9-10-11-12-13-14-15-16-17-18-19-23(27)25-21-22(26)20-24(28)29/h6-7,9-10,12-13,15-16,22,26H,2-5,8,11,14,17-21H2,1H3,(H,25,27)(H,28,29)/b7-6-,10-9-,13-12-,16-15-/t22-/m1/s1. The lowest BCUT2D eigenvalue weighted by atomic mass is 10.2. The first-order chi connectivity index (χ1) is 14.1. The summed E-state index contributed by atoms with van der Waals surface area (Å²) in [6.07, 6.45) is 25.8. The Kier molecular flexibility index (Phi) is 19.1. The van der Waals surface area contributed by atoms with Crippen LogP contribution in [0.25, 0.3) is 0 Å². The molecule has 0 spiro atoms. The Morgan fingerprint density at radius 2 is 1.34 bits per heavy atom. The normalized spacial score (nSPS) is 13.2. The van der Waals surface area contributed by atoms with Crippen LogP contribution in [0.1, 0.15) is 77.6 Å². The Hall–Kier alpha value is -2.14. The molecule has 0 heterocycles. The molecule has 0 aromatic rings. The quantitative estimate of drug-likeness (QED) is 0.219. The number of carbonyl (C=O) groups excluding carboxylic acids is 1. The second kappa shape index (κ2) is 20.6. The van der Waals surface area contributed by atoms with Gasteiger partial charge in [-0.05, 0) is 44.9 Å². The second-order valence-electron chi connectivity index (χ2n) is 7.04. The molecular formula is C24H39NO4. The van der Waals surface area contributed by atoms with Crippen LogP contribution in [0.15, 0.2) is 48.6 Å². The highest BCUT2D eigenvalue weighted by atomic mass is 16.4. The number of carbonyl (C=O) groups is 2. The van der Waals surface area contributed by atoms with Gasteiger partial charge in [0.05, 0.1) is 12.5 Å². The predicted molar refractivity (Wildman–Crippen MR) is 120 cm³/mol. The fourth-order valence-electron chi connectivity index (χ4n) is 2.54. The van der Waals surface area contributed by atoms with E-state index in [1.54, 1.807) is 0 Å². The number of unbranched alkanes of at least 4 members (excludes halogenated alkanes) is 4. The lowest BCUT2D eigenvalue weighted by molar-refractivity contribution is -0.139. The lowest BCUT2D eigenvalue weighted by Gasteiger charge is -2.09. The molecule has 0 unspecified atom stereocenters. The lowest BCUT2D eigenvalue weighted by Crippen LogP contribution is -2.33. The first-order valence-corrected chi connectivity index (χ1v) is 10.8. The first kappa shape index (κ1) is 26.9. The maximum absolute atomic E-state index is 11.6. The van der Waals surface area contributed by atoms with Gasteiger partial charge in [-0.3, -0.25) is 9.59 Å². The zero-order valence-corrected chi connectivity index (χ0v) is 17.9. The number of carboxylic acid groups (broad SMARTS) is 1. The smallest absolute Gasteiger partial charge is 0.306 e. The number of aliphatic hydroxyl groups is 1. The van der Waals surface area contributed by atoms with Crippen LogP contribution in [0.3, 0.4) is 0 Å². The second-order valence-corrected chi connectivity index (χ2v) is 7.04. The molecule has 3 N–H and O–H groups in total. The highest BCUT2D eigenvalue weighted by Gasteiger charge is 2.10. The maximum atomic E-state index is 11.6. The van der Waals surface area contributed by atoms with E-state index >= 15 is 0 Å². The van der Waals surface area contributed by atoms with Crippen molar-refractivity contribution in [1.82, 2.24) is 5.32 Å². The number of rotatable bonds is 18. The Labute approximate surface area is 176 Å². The third-order valence-electron chi connectivity index (χ3n) is 4.18. The van der Waals surface area contributed by atoms with Crippen molar-refractivity contribution in [2.24, 2.45) is 0 Å². The molecule has 1 atom stereocenters. The van der Waals surface area contributed by atoms with Crippen LogP contribution in [0.2, 0.25) is 0 Å². The minimum Gasteiger partial charge on any atom is -0.481 e. The Morgan fingerprint density at radius 3 is 1.86 bits per heavy atom. The number of allylic oxidation sites excluding steroid dienone is 8. The summed E-state index contributed by atoms with van der Waals surface area (Å²) in [5, 5.41) is 20.4. The fourth-order valence-corrected chi connectivity index (χ4v) is 2.54. The van der Waals surface area contributed by atoms with Crippen molar-refractivity contribution in [3.8, 4) is 0 Å². The van der Waals surface area contributed by atoms with E-state index in [2.05, 4.69) is 60.8 Å². The van der Waals surface area contributed by atoms with Gasteiger partial charge in [0, 0.05) is 13.0 Å². The molecule has 5 heteroatoms. The Balaban J connectivity index is 3.55. The molecule has 0 fully saturated rings. The van der Waals surface area contributed by atoms with Crippen LogP contribution in [-0.2, 0) is 9.59 Å². The van der Waals surface area contributed by atoms with Gasteiger partial charge in [-0.2, -0.15) is 0 Å². The van der Waals surface area contributed by atoms with Crippen LogP contribution in [0, 0.1) is 0 Å². The minimum absolute atomic E-state index is 0.0184. The third kappa shape index (κ3) is 22.0. The molecule has 0 aromatic carbocycles. The highest BCUT2D eigenvalue weighted by Crippen LogP contribution is 2.01. The number of hydrogen-bond acceptors (Lipinski definition) is 3. The maximum Gasteiger partial charge on any atom is 0.306 e. The van der Waals surface area contributed by atoms with Gasteiger partial charge in [0.15, 0.2) is 0 Å². The number of amides is 1. The number of aliphatic carboxylic acids is 1. The molecule has 0 saturated heterocycles. The molecule has 0 aliphatic rings. The van der Waals surface area contributed by atoms with Crippen molar-refractivity contribution < 1.29 is 19.8 Å². The largest absolute Gasteiger partial charge is 0.481 e. The number of aliphatic hydroxyl groups excluding tert-OH is 1. The Morgan fingerprint density at radius 1 is 0.828 bits per heavy atom. The zero-order chi connectivity index (χ0) is 21.6. The van der Waals surface area contributed by atoms with E-state index in [1.165, 1.54) is 25.7 Å². The Bertz CT molecular complexity index is 535. The van der Waals surface area contributed by atoms with Gasteiger partial charge >= 0.3 is 5.97 Å². The average Bonchev–Trinajstić information content (AvgIpc) is 2.68. The van der Waals surface area contributed by atoms with Crippen LogP contribution in [0.4, 0.5) is 0 Å². The van der Waals surface area contributed by atoms with Crippen molar-refractivity contribution in [2.45, 2.75) is 83.7 Å². The van der Waals surface area contributed by atoms with Crippen LogP contribution in [-0.4, -0.2) is 34.7 Å². The molecule has 164 valence electrons. The summed E-state index contributed by atoms with van der Waals surface area (Å²) in [7, 11) is 0. The van der Waals surface area contributed by atoms with Crippen LogP contribution >= 0.6 is 0 Å². The van der Waals surface area contributed by atoms with Gasteiger partial charge in [-0.1, -0.05) is 68.4 Å². The summed E-state index contributed by atoms with van der Waals surface area (Å²) < 4.78 is 0. The number of hydrogen-bond donors (Lipinski definition) is 3. The highest BCUT2D eigenvalue weighted by molar-refractivity contribution is 5.76. The van der Waals surface area contributed by atoms with Crippen molar-refractivity contribution in [3.63, 3.8) is 0 Å². The van der Waals surface area contributed by atoms with Crippen LogP contribution in [0.5, 0.6) is 0 Å². The van der Waals surface area contributed by atoms with Gasteiger partial charge in [-0.15, -0.1) is 0 Å². The van der Waals surface area contributed by atoms with E-state index in [-0.39, 0.29) is 18.9 Å². The molecule has 0 radical (unpaired) electrons. The molecule has 5 nitrogen and oxygen atoms in total. The zero-order valence-electron chi connectivity index (χ0n) is 17.9. The van der Waals surface area contributed by atoms with Gasteiger partial charge < -0.3 is 15.5 Å².